The van der Waals surface area contributed by atoms with Gasteiger partial charge in [-0.1, -0.05) is 11.6 Å². The molecule has 138 valence electrons. The zero-order valence-corrected chi connectivity index (χ0v) is 15.4. The third-order valence-electron chi connectivity index (χ3n) is 5.10. The average molecular weight is 375 g/mol. The number of piperidine rings is 1. The zero-order valence-electron chi connectivity index (χ0n) is 14.7. The van der Waals surface area contributed by atoms with Crippen molar-refractivity contribution in [3.8, 4) is 5.75 Å². The molecule has 3 heterocycles. The Balaban J connectivity index is 1.48. The normalized spacial score (nSPS) is 20.2. The van der Waals surface area contributed by atoms with Crippen LogP contribution in [0.5, 0.6) is 5.75 Å². The van der Waals surface area contributed by atoms with Gasteiger partial charge in [0.1, 0.15) is 18.9 Å². The van der Waals surface area contributed by atoms with E-state index in [0.29, 0.717) is 30.6 Å². The van der Waals surface area contributed by atoms with E-state index in [0.717, 1.165) is 42.9 Å². The zero-order chi connectivity index (χ0) is 17.9. The van der Waals surface area contributed by atoms with Crippen LogP contribution in [0.3, 0.4) is 0 Å². The molecule has 1 saturated heterocycles. The molecule has 2 aromatic rings. The van der Waals surface area contributed by atoms with Crippen molar-refractivity contribution in [1.29, 1.82) is 0 Å². The standard InChI is InChI=1S/C19H23ClN4O2/c20-16-3-4-18-15(10-16)12-23(8-9-26-18)19(25)13-24-17(5-7-22-24)14-2-1-6-21-11-14/h3-5,7,10,14,21H,1-2,6,8-9,11-13H2/t14-/m0/s1. The van der Waals surface area contributed by atoms with Crippen LogP contribution >= 0.6 is 11.6 Å². The van der Waals surface area contributed by atoms with Gasteiger partial charge in [-0.25, -0.2) is 0 Å². The fourth-order valence-electron chi connectivity index (χ4n) is 3.73. The van der Waals surface area contributed by atoms with Crippen molar-refractivity contribution >= 4 is 17.5 Å². The monoisotopic (exact) mass is 374 g/mol. The molecule has 1 atom stereocenters. The van der Waals surface area contributed by atoms with Crippen molar-refractivity contribution in [2.75, 3.05) is 26.2 Å². The van der Waals surface area contributed by atoms with Crippen LogP contribution in [0.25, 0.3) is 0 Å². The van der Waals surface area contributed by atoms with E-state index in [1.807, 2.05) is 33.8 Å². The largest absolute Gasteiger partial charge is 0.491 e. The van der Waals surface area contributed by atoms with Gasteiger partial charge in [0.25, 0.3) is 0 Å². The predicted molar refractivity (Wildman–Crippen MR) is 99.4 cm³/mol. The minimum atomic E-state index is 0.0511. The van der Waals surface area contributed by atoms with E-state index < -0.39 is 0 Å². The molecule has 2 aliphatic rings. The van der Waals surface area contributed by atoms with E-state index in [9.17, 15) is 4.79 Å². The van der Waals surface area contributed by atoms with Gasteiger partial charge in [-0.2, -0.15) is 5.10 Å². The Labute approximate surface area is 158 Å². The Morgan fingerprint density at radius 2 is 2.31 bits per heavy atom. The first-order valence-electron chi connectivity index (χ1n) is 9.12. The molecule has 26 heavy (non-hydrogen) atoms. The molecule has 6 nitrogen and oxygen atoms in total. The van der Waals surface area contributed by atoms with Crippen LogP contribution in [0, 0.1) is 0 Å². The molecule has 0 aliphatic carbocycles. The van der Waals surface area contributed by atoms with Gasteiger partial charge in [0.05, 0.1) is 6.54 Å². The summed E-state index contributed by atoms with van der Waals surface area (Å²) >= 11 is 6.10. The van der Waals surface area contributed by atoms with Gasteiger partial charge in [-0.15, -0.1) is 0 Å². The Kier molecular flexibility index (Phi) is 5.13. The molecule has 1 fully saturated rings. The topological polar surface area (TPSA) is 59.4 Å². The summed E-state index contributed by atoms with van der Waals surface area (Å²) in [6.07, 6.45) is 4.08. The van der Waals surface area contributed by atoms with Crippen molar-refractivity contribution in [2.24, 2.45) is 0 Å². The van der Waals surface area contributed by atoms with E-state index in [4.69, 9.17) is 16.3 Å². The van der Waals surface area contributed by atoms with Crippen molar-refractivity contribution < 1.29 is 9.53 Å². The summed E-state index contributed by atoms with van der Waals surface area (Å²) in [5, 5.41) is 8.48. The number of carbonyl (C=O) groups excluding carboxylic acids is 1. The molecule has 0 spiro atoms. The number of hydrogen-bond acceptors (Lipinski definition) is 4. The summed E-state index contributed by atoms with van der Waals surface area (Å²) in [5.74, 6) is 1.28. The lowest BCUT2D eigenvalue weighted by Gasteiger charge is -2.25. The number of rotatable bonds is 3. The number of halogens is 1. The smallest absolute Gasteiger partial charge is 0.244 e. The Bertz CT molecular complexity index is 786. The van der Waals surface area contributed by atoms with Crippen LogP contribution in [-0.4, -0.2) is 46.8 Å². The van der Waals surface area contributed by atoms with Crippen LogP contribution in [0.2, 0.25) is 5.02 Å². The lowest BCUT2D eigenvalue weighted by Crippen LogP contribution is -2.36. The molecule has 1 amide bonds. The summed E-state index contributed by atoms with van der Waals surface area (Å²) in [6, 6.07) is 7.58. The Hall–Kier alpha value is -2.05. The lowest BCUT2D eigenvalue weighted by molar-refractivity contribution is -0.132. The highest BCUT2D eigenvalue weighted by Crippen LogP contribution is 2.27. The van der Waals surface area contributed by atoms with E-state index in [2.05, 4.69) is 10.4 Å². The molecule has 0 unspecified atom stereocenters. The maximum Gasteiger partial charge on any atom is 0.244 e. The van der Waals surface area contributed by atoms with E-state index >= 15 is 0 Å². The van der Waals surface area contributed by atoms with Crippen LogP contribution in [0.4, 0.5) is 0 Å². The second-order valence-corrected chi connectivity index (χ2v) is 7.31. The van der Waals surface area contributed by atoms with Crippen molar-refractivity contribution in [1.82, 2.24) is 20.0 Å². The van der Waals surface area contributed by atoms with Crippen LogP contribution in [0.1, 0.15) is 30.0 Å². The maximum absolute atomic E-state index is 12.9. The third kappa shape index (κ3) is 3.71. The fourth-order valence-corrected chi connectivity index (χ4v) is 3.92. The first-order valence-corrected chi connectivity index (χ1v) is 9.50. The highest BCUT2D eigenvalue weighted by molar-refractivity contribution is 6.30. The molecular formula is C19H23ClN4O2. The second kappa shape index (κ2) is 7.68. The number of nitrogens with one attached hydrogen (secondary N) is 1. The van der Waals surface area contributed by atoms with Crippen molar-refractivity contribution in [3.63, 3.8) is 0 Å². The molecule has 1 N–H and O–H groups in total. The molecule has 0 saturated carbocycles. The molecule has 0 radical (unpaired) electrons. The minimum absolute atomic E-state index is 0.0511. The number of benzene rings is 1. The molecule has 1 aromatic carbocycles. The SMILES string of the molecule is O=C(Cn1nccc1[C@H]1CCCNC1)N1CCOc2ccc(Cl)cc2C1. The number of hydrogen-bond donors (Lipinski definition) is 1. The van der Waals surface area contributed by atoms with Gasteiger partial charge in [0.15, 0.2) is 0 Å². The first kappa shape index (κ1) is 17.4. The quantitative estimate of drug-likeness (QED) is 0.896. The second-order valence-electron chi connectivity index (χ2n) is 6.87. The Morgan fingerprint density at radius 3 is 3.15 bits per heavy atom. The molecule has 0 bridgehead atoms. The highest BCUT2D eigenvalue weighted by atomic mass is 35.5. The van der Waals surface area contributed by atoms with E-state index in [-0.39, 0.29) is 12.5 Å². The summed E-state index contributed by atoms with van der Waals surface area (Å²) in [5.41, 5.74) is 2.08. The van der Waals surface area contributed by atoms with Crippen LogP contribution < -0.4 is 10.1 Å². The average Bonchev–Trinajstić information content (AvgIpc) is 3.00. The van der Waals surface area contributed by atoms with E-state index in [1.165, 1.54) is 0 Å². The maximum atomic E-state index is 12.9. The minimum Gasteiger partial charge on any atom is -0.491 e. The predicted octanol–water partition coefficient (Wildman–Crippen LogP) is 2.42. The molecular weight excluding hydrogens is 352 g/mol. The summed E-state index contributed by atoms with van der Waals surface area (Å²) < 4.78 is 7.61. The number of amides is 1. The molecule has 2 aliphatic heterocycles. The van der Waals surface area contributed by atoms with Crippen molar-refractivity contribution in [3.05, 3.63) is 46.7 Å². The van der Waals surface area contributed by atoms with Crippen molar-refractivity contribution in [2.45, 2.75) is 31.8 Å². The first-order chi connectivity index (χ1) is 12.7. The lowest BCUT2D eigenvalue weighted by atomic mass is 9.96. The summed E-state index contributed by atoms with van der Waals surface area (Å²) in [6.45, 7) is 3.83. The van der Waals surface area contributed by atoms with Gasteiger partial charge in [0, 0.05) is 41.5 Å². The van der Waals surface area contributed by atoms with Gasteiger partial charge in [0.2, 0.25) is 5.91 Å². The van der Waals surface area contributed by atoms with Gasteiger partial charge in [-0.3, -0.25) is 9.48 Å². The third-order valence-corrected chi connectivity index (χ3v) is 5.34. The molecule has 7 heteroatoms. The molecule has 4 rings (SSSR count). The van der Waals surface area contributed by atoms with Gasteiger partial charge in [-0.05, 0) is 43.7 Å². The number of ether oxygens (including phenoxy) is 1. The fraction of sp³-hybridized carbons (Fsp3) is 0.474. The van der Waals surface area contributed by atoms with Gasteiger partial charge < -0.3 is 15.0 Å². The van der Waals surface area contributed by atoms with Crippen LogP contribution in [-0.2, 0) is 17.9 Å². The van der Waals surface area contributed by atoms with E-state index in [1.54, 1.807) is 6.20 Å². The molecule has 1 aromatic heterocycles. The Morgan fingerprint density at radius 1 is 1.38 bits per heavy atom. The number of carbonyl (C=O) groups is 1. The summed E-state index contributed by atoms with van der Waals surface area (Å²) in [7, 11) is 0. The highest BCUT2D eigenvalue weighted by Gasteiger charge is 2.23. The number of aromatic nitrogens is 2. The number of fused-ring (bicyclic) bond motifs is 1. The number of nitrogens with zero attached hydrogens (tertiary/aromatic N) is 3. The van der Waals surface area contributed by atoms with Crippen LogP contribution in [0.15, 0.2) is 30.5 Å². The van der Waals surface area contributed by atoms with Gasteiger partial charge >= 0.3 is 0 Å². The summed E-state index contributed by atoms with van der Waals surface area (Å²) in [4.78, 5) is 14.7.